The van der Waals surface area contributed by atoms with Crippen LogP contribution in [0.15, 0.2) is 24.4 Å². The Bertz CT molecular complexity index is 1120. The molecule has 3 aromatic rings. The van der Waals surface area contributed by atoms with E-state index in [0.717, 1.165) is 0 Å². The number of carbonyl (C=O) groups is 1. The molecule has 1 amide bonds. The molecule has 3 rings (SSSR count). The molecule has 1 aromatic carbocycles. The molecule has 9 heteroatoms. The number of imidazole rings is 1. The fourth-order valence-corrected chi connectivity index (χ4v) is 3.78. The number of carboxylic acid groups (broad SMARTS) is 1. The summed E-state index contributed by atoms with van der Waals surface area (Å²) >= 11 is 12.6. The van der Waals surface area contributed by atoms with Crippen molar-refractivity contribution < 1.29 is 15.0 Å². The van der Waals surface area contributed by atoms with E-state index in [2.05, 4.69) is 9.97 Å². The highest BCUT2D eigenvalue weighted by atomic mass is 35.5. The number of hydrogen-bond acceptors (Lipinski definition) is 4. The molecule has 0 aliphatic carbocycles. The van der Waals surface area contributed by atoms with Crippen molar-refractivity contribution in [3.05, 3.63) is 51.4 Å². The molecule has 0 bridgehead atoms. The molecule has 1 atom stereocenters. The highest BCUT2D eigenvalue weighted by Crippen LogP contribution is 2.35. The number of fused-ring (bicyclic) bond motifs is 1. The number of aliphatic hydroxyl groups excluding tert-OH is 1. The Hall–Kier alpha value is -2.35. The van der Waals surface area contributed by atoms with Crippen molar-refractivity contribution in [2.45, 2.75) is 52.8 Å². The van der Waals surface area contributed by atoms with Crippen molar-refractivity contribution in [2.24, 2.45) is 0 Å². The molecule has 0 fully saturated rings. The third-order valence-corrected chi connectivity index (χ3v) is 5.46. The predicted molar refractivity (Wildman–Crippen MR) is 117 cm³/mol. The molecule has 2 aromatic heterocycles. The van der Waals surface area contributed by atoms with Gasteiger partial charge in [-0.2, -0.15) is 0 Å². The second-order valence-corrected chi connectivity index (χ2v) is 9.04. The van der Waals surface area contributed by atoms with Gasteiger partial charge in [-0.3, -0.25) is 9.30 Å². The number of aliphatic hydroxyl groups is 1. The van der Waals surface area contributed by atoms with E-state index in [1.807, 2.05) is 27.7 Å². The van der Waals surface area contributed by atoms with Gasteiger partial charge in [-0.05, 0) is 52.8 Å². The van der Waals surface area contributed by atoms with Crippen molar-refractivity contribution in [1.82, 2.24) is 19.3 Å². The van der Waals surface area contributed by atoms with Gasteiger partial charge >= 0.3 is 6.09 Å². The minimum Gasteiger partial charge on any atom is -0.465 e. The van der Waals surface area contributed by atoms with Gasteiger partial charge in [-0.25, -0.2) is 14.8 Å². The van der Waals surface area contributed by atoms with Crippen LogP contribution in [-0.2, 0) is 6.54 Å². The van der Waals surface area contributed by atoms with E-state index in [-0.39, 0.29) is 6.54 Å². The zero-order valence-corrected chi connectivity index (χ0v) is 19.0. The number of halogens is 2. The molecule has 1 unspecified atom stereocenters. The predicted octanol–water partition coefficient (Wildman–Crippen LogP) is 5.34. The van der Waals surface area contributed by atoms with Crippen molar-refractivity contribution in [3.63, 3.8) is 0 Å². The largest absolute Gasteiger partial charge is 0.465 e. The van der Waals surface area contributed by atoms with E-state index < -0.39 is 17.7 Å². The smallest absolute Gasteiger partial charge is 0.408 e. The van der Waals surface area contributed by atoms with Gasteiger partial charge in [0, 0.05) is 33.6 Å². The van der Waals surface area contributed by atoms with Crippen LogP contribution in [0, 0.1) is 6.92 Å². The second kappa shape index (κ2) is 8.06. The molecular formula is C21H24Cl2N4O3. The number of nitrogens with zero attached hydrogens (tertiary/aromatic N) is 4. The standard InChI is InChI=1S/C21H24Cl2N4O3/c1-11-15(9-27(20(29)30)21(3,4)5)18(14-7-6-13(22)8-16(14)23)26-10-17(12(2)28)25-19(26)24-11/h6-8,10,12,28H,9H2,1-5H3,(H,29,30). The molecular weight excluding hydrogens is 427 g/mol. The Morgan fingerprint density at radius 3 is 2.47 bits per heavy atom. The third-order valence-electron chi connectivity index (χ3n) is 4.91. The van der Waals surface area contributed by atoms with Gasteiger partial charge < -0.3 is 10.2 Å². The maximum absolute atomic E-state index is 12.0. The summed E-state index contributed by atoms with van der Waals surface area (Å²) in [5.74, 6) is 0.394. The first-order valence-corrected chi connectivity index (χ1v) is 10.2. The summed E-state index contributed by atoms with van der Waals surface area (Å²) in [6.07, 6.45) is -0.127. The molecule has 2 heterocycles. The average Bonchev–Trinajstić information content (AvgIpc) is 3.02. The van der Waals surface area contributed by atoms with E-state index in [0.29, 0.717) is 44.0 Å². The maximum atomic E-state index is 12.0. The normalized spacial score (nSPS) is 12.9. The zero-order valence-electron chi connectivity index (χ0n) is 17.4. The Morgan fingerprint density at radius 1 is 1.27 bits per heavy atom. The highest BCUT2D eigenvalue weighted by Gasteiger charge is 2.29. The second-order valence-electron chi connectivity index (χ2n) is 8.20. The van der Waals surface area contributed by atoms with Crippen LogP contribution in [0.1, 0.15) is 50.8 Å². The number of rotatable bonds is 4. The quantitative estimate of drug-likeness (QED) is 0.559. The Kier molecular flexibility index (Phi) is 6.00. The maximum Gasteiger partial charge on any atom is 0.408 e. The summed E-state index contributed by atoms with van der Waals surface area (Å²) < 4.78 is 1.74. The molecule has 0 saturated heterocycles. The van der Waals surface area contributed by atoms with Gasteiger partial charge in [0.2, 0.25) is 5.78 Å². The molecule has 0 aliphatic rings. The number of hydrogen-bond donors (Lipinski definition) is 2. The van der Waals surface area contributed by atoms with Crippen molar-refractivity contribution in [3.8, 4) is 11.3 Å². The minimum atomic E-state index is -1.04. The number of amides is 1. The van der Waals surface area contributed by atoms with Crippen LogP contribution in [0.3, 0.4) is 0 Å². The highest BCUT2D eigenvalue weighted by molar-refractivity contribution is 6.36. The summed E-state index contributed by atoms with van der Waals surface area (Å²) in [5, 5.41) is 20.7. The van der Waals surface area contributed by atoms with E-state index >= 15 is 0 Å². The fraction of sp³-hybridized carbons (Fsp3) is 0.381. The summed E-state index contributed by atoms with van der Waals surface area (Å²) in [6, 6.07) is 5.14. The van der Waals surface area contributed by atoms with Gasteiger partial charge in [0.1, 0.15) is 0 Å². The summed E-state index contributed by atoms with van der Waals surface area (Å²) in [4.78, 5) is 22.3. The van der Waals surface area contributed by atoms with Crippen molar-refractivity contribution >= 4 is 35.1 Å². The van der Waals surface area contributed by atoms with E-state index in [1.54, 1.807) is 35.7 Å². The topological polar surface area (TPSA) is 91.0 Å². The van der Waals surface area contributed by atoms with Gasteiger partial charge in [0.05, 0.1) is 29.1 Å². The number of aryl methyl sites for hydroxylation is 1. The van der Waals surface area contributed by atoms with Crippen LogP contribution < -0.4 is 0 Å². The van der Waals surface area contributed by atoms with Crippen molar-refractivity contribution in [1.29, 1.82) is 0 Å². The van der Waals surface area contributed by atoms with E-state index in [4.69, 9.17) is 23.2 Å². The first kappa shape index (κ1) is 22.3. The van der Waals surface area contributed by atoms with Crippen LogP contribution in [0.25, 0.3) is 17.0 Å². The summed E-state index contributed by atoms with van der Waals surface area (Å²) in [5.41, 5.74) is 2.47. The Labute approximate surface area is 184 Å². The zero-order chi connectivity index (χ0) is 22.4. The van der Waals surface area contributed by atoms with Crippen LogP contribution in [0.4, 0.5) is 4.79 Å². The monoisotopic (exact) mass is 450 g/mol. The molecule has 0 aliphatic heterocycles. The Balaban J connectivity index is 2.35. The lowest BCUT2D eigenvalue weighted by atomic mass is 10.0. The fourth-order valence-electron chi connectivity index (χ4n) is 3.28. The lowest BCUT2D eigenvalue weighted by Crippen LogP contribution is -2.44. The van der Waals surface area contributed by atoms with Crippen LogP contribution >= 0.6 is 23.2 Å². The van der Waals surface area contributed by atoms with Gasteiger partial charge in [0.15, 0.2) is 0 Å². The van der Waals surface area contributed by atoms with Crippen LogP contribution in [0.5, 0.6) is 0 Å². The van der Waals surface area contributed by atoms with Crippen LogP contribution in [0.2, 0.25) is 10.0 Å². The lowest BCUT2D eigenvalue weighted by molar-refractivity contribution is 0.0954. The third kappa shape index (κ3) is 4.24. The van der Waals surface area contributed by atoms with Crippen molar-refractivity contribution in [2.75, 3.05) is 0 Å². The lowest BCUT2D eigenvalue weighted by Gasteiger charge is -2.34. The van der Waals surface area contributed by atoms with E-state index in [9.17, 15) is 15.0 Å². The summed E-state index contributed by atoms with van der Waals surface area (Å²) in [6.45, 7) is 9.03. The van der Waals surface area contributed by atoms with E-state index in [1.165, 1.54) is 4.90 Å². The molecule has 160 valence electrons. The van der Waals surface area contributed by atoms with Crippen LogP contribution in [-0.4, -0.2) is 41.1 Å². The Morgan fingerprint density at radius 2 is 1.93 bits per heavy atom. The molecule has 0 radical (unpaired) electrons. The van der Waals surface area contributed by atoms with Gasteiger partial charge in [-0.1, -0.05) is 23.2 Å². The first-order chi connectivity index (χ1) is 13.9. The number of aromatic nitrogens is 3. The molecule has 0 spiro atoms. The molecule has 2 N–H and O–H groups in total. The first-order valence-electron chi connectivity index (χ1n) is 9.42. The SMILES string of the molecule is Cc1nc2nc(C(C)O)cn2c(-c2ccc(Cl)cc2Cl)c1CN(C(=O)O)C(C)(C)C. The van der Waals surface area contributed by atoms with Gasteiger partial charge in [0.25, 0.3) is 0 Å². The van der Waals surface area contributed by atoms with Gasteiger partial charge in [-0.15, -0.1) is 0 Å². The molecule has 30 heavy (non-hydrogen) atoms. The number of benzene rings is 1. The average molecular weight is 451 g/mol. The molecule has 0 saturated carbocycles. The minimum absolute atomic E-state index is 0.101. The molecule has 7 nitrogen and oxygen atoms in total. The summed E-state index contributed by atoms with van der Waals surface area (Å²) in [7, 11) is 0.